The van der Waals surface area contributed by atoms with Crippen molar-refractivity contribution in [3.05, 3.63) is 6.92 Å². The molecule has 1 nitrogen and oxygen atoms in total. The topological polar surface area (TPSA) is 3.24 Å². The van der Waals surface area contributed by atoms with E-state index < -0.39 is 0 Å². The van der Waals surface area contributed by atoms with Crippen molar-refractivity contribution in [2.45, 2.75) is 26.3 Å². The fourth-order valence-corrected chi connectivity index (χ4v) is 0.532. The molecule has 49 valence electrons. The molecule has 0 spiro atoms. The predicted octanol–water partition coefficient (Wildman–Crippen LogP) is 1.55. The van der Waals surface area contributed by atoms with Gasteiger partial charge in [0.05, 0.1) is 0 Å². The molecule has 0 fully saturated rings. The molecule has 0 aromatic heterocycles. The molecule has 0 amide bonds. The molecule has 0 aliphatic rings. The molecule has 1 radical (unpaired) electrons. The molecule has 1 unspecified atom stereocenters. The molecule has 0 N–H and O–H groups in total. The lowest BCUT2D eigenvalue weighted by atomic mass is 10.2. The summed E-state index contributed by atoms with van der Waals surface area (Å²) in [7, 11) is 2.12. The van der Waals surface area contributed by atoms with E-state index in [1.165, 1.54) is 0 Å². The summed E-state index contributed by atoms with van der Waals surface area (Å²) in [5.41, 5.74) is 0. The van der Waals surface area contributed by atoms with Gasteiger partial charge in [0.1, 0.15) is 0 Å². The Morgan fingerprint density at radius 2 is 2.12 bits per heavy atom. The lowest BCUT2D eigenvalue weighted by molar-refractivity contribution is 0.272. The molecule has 8 heavy (non-hydrogen) atoms. The molecular weight excluding hydrogens is 98.1 g/mol. The Bertz CT molecular complexity index is 44.3. The maximum absolute atomic E-state index is 3.81. The normalized spacial score (nSPS) is 14.6. The van der Waals surface area contributed by atoms with Crippen molar-refractivity contribution in [2.24, 2.45) is 0 Å². The summed E-state index contributed by atoms with van der Waals surface area (Å²) >= 11 is 0. The van der Waals surface area contributed by atoms with Crippen LogP contribution in [0, 0.1) is 6.92 Å². The van der Waals surface area contributed by atoms with Gasteiger partial charge in [-0.2, -0.15) is 0 Å². The number of nitrogens with zero attached hydrogens (tertiary/aromatic N) is 1. The summed E-state index contributed by atoms with van der Waals surface area (Å²) in [6.45, 7) is 9.28. The molecule has 0 aliphatic heterocycles. The average Bonchev–Trinajstić information content (AvgIpc) is 1.84. The van der Waals surface area contributed by atoms with Gasteiger partial charge in [-0.05, 0) is 26.9 Å². The zero-order chi connectivity index (χ0) is 6.57. The molecule has 0 rings (SSSR count). The van der Waals surface area contributed by atoms with Gasteiger partial charge < -0.3 is 4.90 Å². The summed E-state index contributed by atoms with van der Waals surface area (Å²) in [6, 6.07) is 0.639. The van der Waals surface area contributed by atoms with Crippen LogP contribution in [0.3, 0.4) is 0 Å². The lowest BCUT2D eigenvalue weighted by Crippen LogP contribution is -2.27. The first-order valence-corrected chi connectivity index (χ1v) is 3.21. The first-order valence-electron chi connectivity index (χ1n) is 3.21. The van der Waals surface area contributed by atoms with E-state index in [1.54, 1.807) is 0 Å². The van der Waals surface area contributed by atoms with Gasteiger partial charge in [-0.15, -0.1) is 0 Å². The van der Waals surface area contributed by atoms with E-state index in [-0.39, 0.29) is 0 Å². The van der Waals surface area contributed by atoms with Crippen LogP contribution in [0.1, 0.15) is 20.3 Å². The van der Waals surface area contributed by atoms with E-state index in [0.717, 1.165) is 13.0 Å². The highest BCUT2D eigenvalue weighted by Gasteiger charge is 2.01. The van der Waals surface area contributed by atoms with Crippen molar-refractivity contribution in [1.29, 1.82) is 0 Å². The second-order valence-electron chi connectivity index (χ2n) is 2.21. The van der Waals surface area contributed by atoms with Crippen LogP contribution in [0.15, 0.2) is 0 Å². The van der Waals surface area contributed by atoms with Gasteiger partial charge in [-0.1, -0.05) is 13.8 Å². The Hall–Kier alpha value is -0.0400. The van der Waals surface area contributed by atoms with Crippen molar-refractivity contribution in [2.75, 3.05) is 13.6 Å². The lowest BCUT2D eigenvalue weighted by Gasteiger charge is -2.20. The summed E-state index contributed by atoms with van der Waals surface area (Å²) in [5, 5.41) is 0. The molecular formula is C7H16N. The Labute approximate surface area is 52.7 Å². The van der Waals surface area contributed by atoms with Crippen molar-refractivity contribution in [3.8, 4) is 0 Å². The minimum absolute atomic E-state index is 0.639. The first-order chi connectivity index (χ1) is 3.72. The van der Waals surface area contributed by atoms with E-state index in [4.69, 9.17) is 0 Å². The fraction of sp³-hybridized carbons (Fsp3) is 0.857. The van der Waals surface area contributed by atoms with E-state index in [0.29, 0.717) is 6.04 Å². The Morgan fingerprint density at radius 1 is 1.62 bits per heavy atom. The van der Waals surface area contributed by atoms with Crippen molar-refractivity contribution in [1.82, 2.24) is 4.90 Å². The molecule has 1 atom stereocenters. The van der Waals surface area contributed by atoms with E-state index >= 15 is 0 Å². The number of rotatable bonds is 3. The molecule has 0 bridgehead atoms. The van der Waals surface area contributed by atoms with Gasteiger partial charge in [-0.25, -0.2) is 0 Å². The Morgan fingerprint density at radius 3 is 2.25 bits per heavy atom. The maximum Gasteiger partial charge on any atom is 0.00637 e. The summed E-state index contributed by atoms with van der Waals surface area (Å²) in [6.07, 6.45) is 1.00. The highest BCUT2D eigenvalue weighted by Crippen LogP contribution is 1.96. The van der Waals surface area contributed by atoms with Crippen molar-refractivity contribution < 1.29 is 0 Å². The summed E-state index contributed by atoms with van der Waals surface area (Å²) in [5.74, 6) is 0. The van der Waals surface area contributed by atoms with E-state index in [1.807, 2.05) is 0 Å². The zero-order valence-corrected chi connectivity index (χ0v) is 6.15. The second kappa shape index (κ2) is 3.90. The summed E-state index contributed by atoms with van der Waals surface area (Å²) < 4.78 is 0. The van der Waals surface area contributed by atoms with Crippen LogP contribution in [-0.2, 0) is 0 Å². The monoisotopic (exact) mass is 114 g/mol. The third kappa shape index (κ3) is 2.31. The highest BCUT2D eigenvalue weighted by atomic mass is 15.1. The standard InChI is InChI=1S/C7H16N/c1-5-7(3)8(4)6-2/h7H,1,5-6H2,2-4H3. The van der Waals surface area contributed by atoms with Gasteiger partial charge in [0, 0.05) is 6.04 Å². The van der Waals surface area contributed by atoms with E-state index in [2.05, 4.69) is 32.7 Å². The molecule has 1 heteroatoms. The molecule has 0 aliphatic carbocycles. The largest absolute Gasteiger partial charge is 0.304 e. The highest BCUT2D eigenvalue weighted by molar-refractivity contribution is 4.61. The van der Waals surface area contributed by atoms with Gasteiger partial charge in [0.2, 0.25) is 0 Å². The van der Waals surface area contributed by atoms with Crippen LogP contribution in [0.4, 0.5) is 0 Å². The SMILES string of the molecule is [CH2]CC(C)N(C)CC. The minimum Gasteiger partial charge on any atom is -0.304 e. The first kappa shape index (κ1) is 7.96. The van der Waals surface area contributed by atoms with Gasteiger partial charge in [0.15, 0.2) is 0 Å². The molecule has 0 saturated heterocycles. The van der Waals surface area contributed by atoms with Crippen molar-refractivity contribution in [3.63, 3.8) is 0 Å². The zero-order valence-electron chi connectivity index (χ0n) is 6.15. The third-order valence-corrected chi connectivity index (χ3v) is 1.67. The smallest absolute Gasteiger partial charge is 0.00637 e. The molecule has 0 saturated carbocycles. The molecule has 0 aromatic rings. The van der Waals surface area contributed by atoms with Gasteiger partial charge in [0.25, 0.3) is 0 Å². The Kier molecular flexibility index (Phi) is 3.88. The summed E-state index contributed by atoms with van der Waals surface area (Å²) in [4.78, 5) is 2.28. The van der Waals surface area contributed by atoms with Crippen LogP contribution in [0.2, 0.25) is 0 Å². The van der Waals surface area contributed by atoms with Gasteiger partial charge >= 0.3 is 0 Å². The number of hydrogen-bond acceptors (Lipinski definition) is 1. The third-order valence-electron chi connectivity index (χ3n) is 1.67. The minimum atomic E-state index is 0.639. The average molecular weight is 114 g/mol. The van der Waals surface area contributed by atoms with Crippen LogP contribution in [-0.4, -0.2) is 24.5 Å². The second-order valence-corrected chi connectivity index (χ2v) is 2.21. The fourth-order valence-electron chi connectivity index (χ4n) is 0.532. The van der Waals surface area contributed by atoms with E-state index in [9.17, 15) is 0 Å². The number of hydrogen-bond donors (Lipinski definition) is 0. The predicted molar refractivity (Wildman–Crippen MR) is 37.7 cm³/mol. The van der Waals surface area contributed by atoms with Crippen LogP contribution >= 0.6 is 0 Å². The molecule has 0 aromatic carbocycles. The van der Waals surface area contributed by atoms with Crippen LogP contribution < -0.4 is 0 Å². The van der Waals surface area contributed by atoms with Crippen molar-refractivity contribution >= 4 is 0 Å². The maximum atomic E-state index is 3.81. The molecule has 0 heterocycles. The van der Waals surface area contributed by atoms with Gasteiger partial charge in [-0.3, -0.25) is 0 Å². The Balaban J connectivity index is 3.29. The quantitative estimate of drug-likeness (QED) is 0.538. The van der Waals surface area contributed by atoms with Crippen LogP contribution in [0.25, 0.3) is 0 Å². The van der Waals surface area contributed by atoms with Crippen LogP contribution in [0.5, 0.6) is 0 Å².